The highest BCUT2D eigenvalue weighted by Gasteiger charge is 2.69. The van der Waals surface area contributed by atoms with Crippen molar-refractivity contribution in [1.82, 2.24) is 0 Å². The molecule has 0 aromatic rings. The second kappa shape index (κ2) is 12.9. The minimum absolute atomic E-state index is 0.134. The molecule has 0 aromatic heterocycles. The van der Waals surface area contributed by atoms with E-state index in [0.29, 0.717) is 48.3 Å². The van der Waals surface area contributed by atoms with Gasteiger partial charge < -0.3 is 59.1 Å². The Morgan fingerprint density at radius 3 is 2.34 bits per heavy atom. The molecule has 21 atom stereocenters. The predicted molar refractivity (Wildman–Crippen MR) is 177 cm³/mol. The smallest absolute Gasteiger partial charge is 0.187 e. The van der Waals surface area contributed by atoms with Gasteiger partial charge in [0.2, 0.25) is 0 Å². The molecule has 4 heterocycles. The highest BCUT2D eigenvalue weighted by atomic mass is 16.8. The highest BCUT2D eigenvalue weighted by Crippen LogP contribution is 2.71. The molecule has 0 bridgehead atoms. The standard InChI is InChI=1S/C38H60O12/c1-17-8-11-38(46-15-17)18(2)28-26(50-38)14-24-22-7-6-20-12-21(39)13-27(37(20,5)23(22)9-10-36(24,28)4)48-35-33(30(42)25(40)16-45-35)49-34-32(44)31(43)29(41)19(3)47-34/h6,17-19,21-35,39-44H,7-16H2,1-5H3/t17-,18-,19-,21-,22?,23?,24?,25+,26-,27-,28-,29-,30-,31+,32+,33+,34-,35-,36-,37-,38+/m0/s1. The average molecular weight is 709 g/mol. The SMILES string of the molecule is C[C@H]1CC[C@@]2(OC1)O[C@H]1CC3C4CC=C5C[C@H](O)C[C@H](O[C@@H]6OC[C@@H](O)[C@H](O)[C@H]6O[C@@H]6O[C@@H](C)[C@H](O)[C@@H](O)[C@H]6O)[C@]5(C)C4CC[C@]3(C)[C@H]1[C@@H]2C. The molecular formula is C38H60O12. The molecule has 8 rings (SSSR count). The lowest BCUT2D eigenvalue weighted by molar-refractivity contribution is -0.362. The number of allylic oxidation sites excluding steroid dienone is 1. The van der Waals surface area contributed by atoms with Crippen molar-refractivity contribution in [2.45, 2.75) is 165 Å². The van der Waals surface area contributed by atoms with Gasteiger partial charge in [-0.3, -0.25) is 0 Å². The molecule has 4 aliphatic heterocycles. The van der Waals surface area contributed by atoms with Crippen molar-refractivity contribution >= 4 is 0 Å². The van der Waals surface area contributed by atoms with Crippen LogP contribution in [0.3, 0.4) is 0 Å². The van der Waals surface area contributed by atoms with E-state index in [1.807, 2.05) is 0 Å². The van der Waals surface area contributed by atoms with Gasteiger partial charge in [-0.25, -0.2) is 0 Å². The molecule has 0 radical (unpaired) electrons. The van der Waals surface area contributed by atoms with Crippen molar-refractivity contribution < 1.29 is 59.1 Å². The third-order valence-electron chi connectivity index (χ3n) is 15.2. The van der Waals surface area contributed by atoms with Crippen LogP contribution in [0, 0.1) is 46.3 Å². The van der Waals surface area contributed by atoms with Crippen LogP contribution < -0.4 is 0 Å². The summed E-state index contributed by atoms with van der Waals surface area (Å²) in [5.74, 6) is 2.08. The topological polar surface area (TPSA) is 177 Å². The van der Waals surface area contributed by atoms with E-state index in [2.05, 4.69) is 33.8 Å². The molecule has 3 saturated carbocycles. The van der Waals surface area contributed by atoms with Crippen LogP contribution in [0.5, 0.6) is 0 Å². The van der Waals surface area contributed by atoms with Gasteiger partial charge in [0.05, 0.1) is 37.6 Å². The Kier molecular flexibility index (Phi) is 9.38. The Morgan fingerprint density at radius 2 is 1.60 bits per heavy atom. The van der Waals surface area contributed by atoms with Crippen molar-refractivity contribution in [3.05, 3.63) is 11.6 Å². The van der Waals surface area contributed by atoms with Gasteiger partial charge in [-0.2, -0.15) is 0 Å². The van der Waals surface area contributed by atoms with Gasteiger partial charge in [-0.15, -0.1) is 0 Å². The minimum Gasteiger partial charge on any atom is -0.393 e. The van der Waals surface area contributed by atoms with E-state index in [1.54, 1.807) is 6.92 Å². The lowest BCUT2D eigenvalue weighted by Crippen LogP contribution is -2.63. The first-order valence-electron chi connectivity index (χ1n) is 19.4. The fourth-order valence-corrected chi connectivity index (χ4v) is 12.4. The van der Waals surface area contributed by atoms with Gasteiger partial charge in [0, 0.05) is 24.2 Å². The Hall–Kier alpha value is -0.740. The lowest BCUT2D eigenvalue weighted by Gasteiger charge is -2.60. The minimum atomic E-state index is -1.60. The van der Waals surface area contributed by atoms with E-state index in [-0.39, 0.29) is 18.1 Å². The molecule has 0 amide bonds. The molecule has 7 fully saturated rings. The fraction of sp³-hybridized carbons (Fsp3) is 0.947. The van der Waals surface area contributed by atoms with Gasteiger partial charge in [0.25, 0.3) is 0 Å². The molecule has 50 heavy (non-hydrogen) atoms. The van der Waals surface area contributed by atoms with Gasteiger partial charge >= 0.3 is 0 Å². The molecule has 3 unspecified atom stereocenters. The summed E-state index contributed by atoms with van der Waals surface area (Å²) in [4.78, 5) is 0. The van der Waals surface area contributed by atoms with E-state index >= 15 is 0 Å². The van der Waals surface area contributed by atoms with Gasteiger partial charge in [-0.05, 0) is 80.5 Å². The summed E-state index contributed by atoms with van der Waals surface area (Å²) in [6, 6.07) is 0. The molecule has 4 aliphatic carbocycles. The first kappa shape index (κ1) is 36.2. The van der Waals surface area contributed by atoms with Crippen molar-refractivity contribution in [2.75, 3.05) is 13.2 Å². The quantitative estimate of drug-likeness (QED) is 0.235. The van der Waals surface area contributed by atoms with Crippen LogP contribution in [-0.2, 0) is 28.4 Å². The van der Waals surface area contributed by atoms with Crippen molar-refractivity contribution in [2.24, 2.45) is 46.3 Å². The molecule has 4 saturated heterocycles. The summed E-state index contributed by atoms with van der Waals surface area (Å²) >= 11 is 0. The summed E-state index contributed by atoms with van der Waals surface area (Å²) in [7, 11) is 0. The molecule has 12 heteroatoms. The van der Waals surface area contributed by atoms with Gasteiger partial charge in [0.15, 0.2) is 18.4 Å². The summed E-state index contributed by atoms with van der Waals surface area (Å²) in [5.41, 5.74) is 0.917. The Bertz CT molecular complexity index is 1290. The maximum Gasteiger partial charge on any atom is 0.187 e. The van der Waals surface area contributed by atoms with Crippen LogP contribution in [0.15, 0.2) is 11.6 Å². The highest BCUT2D eigenvalue weighted by molar-refractivity contribution is 5.28. The van der Waals surface area contributed by atoms with E-state index in [1.165, 1.54) is 5.57 Å². The molecule has 6 N–H and O–H groups in total. The summed E-state index contributed by atoms with van der Waals surface area (Å²) in [6.45, 7) is 11.5. The Morgan fingerprint density at radius 1 is 0.820 bits per heavy atom. The van der Waals surface area contributed by atoms with Crippen LogP contribution in [-0.4, -0.2) is 123 Å². The number of hydrogen-bond acceptors (Lipinski definition) is 12. The van der Waals surface area contributed by atoms with Crippen molar-refractivity contribution in [3.8, 4) is 0 Å². The molecule has 284 valence electrons. The molecule has 1 spiro atoms. The van der Waals surface area contributed by atoms with E-state index in [9.17, 15) is 30.6 Å². The second-order valence-corrected chi connectivity index (χ2v) is 17.9. The monoisotopic (exact) mass is 708 g/mol. The predicted octanol–water partition coefficient (Wildman–Crippen LogP) is 2.00. The molecular weight excluding hydrogens is 648 g/mol. The second-order valence-electron chi connectivity index (χ2n) is 17.9. The molecule has 8 aliphatic rings. The number of rotatable bonds is 4. The largest absolute Gasteiger partial charge is 0.393 e. The number of ether oxygens (including phenoxy) is 6. The third kappa shape index (κ3) is 5.45. The van der Waals surface area contributed by atoms with Crippen LogP contribution in [0.4, 0.5) is 0 Å². The Labute approximate surface area is 295 Å². The number of aliphatic hydroxyl groups excluding tert-OH is 6. The normalized spacial score (nSPS) is 59.3. The van der Waals surface area contributed by atoms with Crippen molar-refractivity contribution in [1.29, 1.82) is 0 Å². The third-order valence-corrected chi connectivity index (χ3v) is 15.2. The van der Waals surface area contributed by atoms with E-state index in [0.717, 1.165) is 45.1 Å². The zero-order chi connectivity index (χ0) is 35.5. The van der Waals surface area contributed by atoms with E-state index < -0.39 is 78.7 Å². The summed E-state index contributed by atoms with van der Waals surface area (Å²) in [5, 5.41) is 64.1. The molecule has 0 aromatic carbocycles. The first-order valence-corrected chi connectivity index (χ1v) is 19.4. The Balaban J connectivity index is 1.04. The zero-order valence-electron chi connectivity index (χ0n) is 30.2. The molecule has 12 nitrogen and oxygen atoms in total. The maximum absolute atomic E-state index is 11.1. The zero-order valence-corrected chi connectivity index (χ0v) is 30.2. The summed E-state index contributed by atoms with van der Waals surface area (Å²) in [6.07, 6.45) is -3.26. The first-order chi connectivity index (χ1) is 23.7. The number of aliphatic hydroxyl groups is 6. The van der Waals surface area contributed by atoms with Gasteiger partial charge in [-0.1, -0.05) is 39.3 Å². The average Bonchev–Trinajstić information content (AvgIpc) is 3.53. The lowest BCUT2D eigenvalue weighted by atomic mass is 9.46. The number of hydrogen-bond donors (Lipinski definition) is 6. The van der Waals surface area contributed by atoms with Crippen LogP contribution in [0.1, 0.15) is 86.0 Å². The summed E-state index contributed by atoms with van der Waals surface area (Å²) < 4.78 is 38.0. The van der Waals surface area contributed by atoms with E-state index in [4.69, 9.17) is 28.4 Å². The van der Waals surface area contributed by atoms with Crippen LogP contribution in [0.2, 0.25) is 0 Å². The number of fused-ring (bicyclic) bond motifs is 7. The van der Waals surface area contributed by atoms with Crippen LogP contribution >= 0.6 is 0 Å². The van der Waals surface area contributed by atoms with Crippen LogP contribution in [0.25, 0.3) is 0 Å². The van der Waals surface area contributed by atoms with Crippen molar-refractivity contribution in [3.63, 3.8) is 0 Å². The fourth-order valence-electron chi connectivity index (χ4n) is 12.4. The maximum atomic E-state index is 11.1. The van der Waals surface area contributed by atoms with Gasteiger partial charge in [0.1, 0.15) is 36.6 Å².